The summed E-state index contributed by atoms with van der Waals surface area (Å²) in [6.45, 7) is 4.42. The van der Waals surface area contributed by atoms with Crippen LogP contribution in [0.5, 0.6) is 5.75 Å². The molecule has 1 amide bonds. The third-order valence-corrected chi connectivity index (χ3v) is 6.48. The Morgan fingerprint density at radius 3 is 2.43 bits per heavy atom. The molecular formula is C22H20Cl3N3O2. The number of benzene rings is 2. The van der Waals surface area contributed by atoms with E-state index in [4.69, 9.17) is 44.5 Å². The van der Waals surface area contributed by atoms with E-state index in [2.05, 4.69) is 17.9 Å². The van der Waals surface area contributed by atoms with Crippen LogP contribution in [0.4, 0.5) is 5.82 Å². The van der Waals surface area contributed by atoms with Crippen molar-refractivity contribution in [3.05, 3.63) is 62.6 Å². The van der Waals surface area contributed by atoms with Gasteiger partial charge in [0, 0.05) is 31.6 Å². The van der Waals surface area contributed by atoms with Gasteiger partial charge in [0.1, 0.15) is 17.1 Å². The van der Waals surface area contributed by atoms with E-state index in [1.807, 2.05) is 18.2 Å². The summed E-state index contributed by atoms with van der Waals surface area (Å²) < 4.78 is 5.48. The van der Waals surface area contributed by atoms with Gasteiger partial charge in [0.05, 0.1) is 27.7 Å². The second-order valence-electron chi connectivity index (χ2n) is 7.15. The molecule has 1 fully saturated rings. The highest BCUT2D eigenvalue weighted by atomic mass is 35.5. The minimum absolute atomic E-state index is 0.190. The lowest BCUT2D eigenvalue weighted by Gasteiger charge is -2.36. The van der Waals surface area contributed by atoms with Gasteiger partial charge in [0.25, 0.3) is 5.91 Å². The minimum atomic E-state index is -0.212. The number of halogens is 3. The normalized spacial score (nSPS) is 14.3. The van der Waals surface area contributed by atoms with Crippen molar-refractivity contribution in [1.29, 1.82) is 0 Å². The molecular weight excluding hydrogens is 445 g/mol. The first-order valence-corrected chi connectivity index (χ1v) is 10.7. The Bertz CT molecular complexity index is 1130. The first kappa shape index (κ1) is 21.0. The zero-order chi connectivity index (χ0) is 21.4. The second kappa shape index (κ2) is 8.50. The maximum absolute atomic E-state index is 13.0. The maximum Gasteiger partial charge on any atom is 0.257 e. The van der Waals surface area contributed by atoms with Crippen LogP contribution in [0.15, 0.2) is 36.4 Å². The number of aromatic nitrogens is 1. The average molecular weight is 465 g/mol. The standard InChI is InChI=1S/C22H20Cl3N3O2/c1-13-12-18(26-21-14(13)4-3-5-17(21)30-2)27-8-10-28(11-9-27)22(29)19-15(23)6-7-16(24)20(19)25/h3-7,12H,8-11H2,1-2H3. The molecule has 8 heteroatoms. The van der Waals surface area contributed by atoms with Crippen molar-refractivity contribution in [3.63, 3.8) is 0 Å². The summed E-state index contributed by atoms with van der Waals surface area (Å²) in [5, 5.41) is 1.87. The van der Waals surface area contributed by atoms with Gasteiger partial charge in [0.2, 0.25) is 0 Å². The van der Waals surface area contributed by atoms with Crippen LogP contribution >= 0.6 is 34.8 Å². The number of carbonyl (C=O) groups excluding carboxylic acids is 1. The van der Waals surface area contributed by atoms with Crippen molar-refractivity contribution in [3.8, 4) is 5.75 Å². The van der Waals surface area contributed by atoms with E-state index in [9.17, 15) is 4.79 Å². The molecule has 1 aliphatic heterocycles. The van der Waals surface area contributed by atoms with Crippen LogP contribution in [0, 0.1) is 6.92 Å². The van der Waals surface area contributed by atoms with Gasteiger partial charge in [-0.15, -0.1) is 0 Å². The highest BCUT2D eigenvalue weighted by Gasteiger charge is 2.27. The molecule has 0 radical (unpaired) electrons. The van der Waals surface area contributed by atoms with Crippen LogP contribution in [0.1, 0.15) is 15.9 Å². The lowest BCUT2D eigenvalue weighted by Crippen LogP contribution is -2.49. The van der Waals surface area contributed by atoms with E-state index in [0.717, 1.165) is 28.0 Å². The smallest absolute Gasteiger partial charge is 0.257 e. The molecule has 0 N–H and O–H groups in total. The Hall–Kier alpha value is -2.21. The van der Waals surface area contributed by atoms with E-state index in [0.29, 0.717) is 36.2 Å². The second-order valence-corrected chi connectivity index (χ2v) is 8.34. The van der Waals surface area contributed by atoms with Gasteiger partial charge in [0.15, 0.2) is 0 Å². The molecule has 0 spiro atoms. The molecule has 0 unspecified atom stereocenters. The Balaban J connectivity index is 1.55. The lowest BCUT2D eigenvalue weighted by atomic mass is 10.1. The van der Waals surface area contributed by atoms with E-state index < -0.39 is 0 Å². The number of rotatable bonds is 3. The number of aryl methyl sites for hydroxylation is 1. The SMILES string of the molecule is COc1cccc2c(C)cc(N3CCN(C(=O)c4c(Cl)ccc(Cl)c4Cl)CC3)nc12. The van der Waals surface area contributed by atoms with Crippen LogP contribution in [-0.4, -0.2) is 49.1 Å². The van der Waals surface area contributed by atoms with Gasteiger partial charge in [-0.25, -0.2) is 4.98 Å². The van der Waals surface area contributed by atoms with E-state index in [1.165, 1.54) is 0 Å². The quantitative estimate of drug-likeness (QED) is 0.482. The third-order valence-electron chi connectivity index (χ3n) is 5.36. The molecule has 0 saturated carbocycles. The number of methoxy groups -OCH3 is 1. The van der Waals surface area contributed by atoms with Gasteiger partial charge < -0.3 is 14.5 Å². The fourth-order valence-corrected chi connectivity index (χ4v) is 4.41. The van der Waals surface area contributed by atoms with Crippen LogP contribution in [-0.2, 0) is 0 Å². The zero-order valence-corrected chi connectivity index (χ0v) is 18.9. The van der Waals surface area contributed by atoms with Crippen molar-refractivity contribution in [1.82, 2.24) is 9.88 Å². The lowest BCUT2D eigenvalue weighted by molar-refractivity contribution is 0.0747. The molecule has 0 bridgehead atoms. The summed E-state index contributed by atoms with van der Waals surface area (Å²) in [5.41, 5.74) is 2.22. The largest absolute Gasteiger partial charge is 0.494 e. The van der Waals surface area contributed by atoms with Gasteiger partial charge >= 0.3 is 0 Å². The molecule has 0 aliphatic carbocycles. The molecule has 2 aromatic carbocycles. The molecule has 5 nitrogen and oxygen atoms in total. The number of pyridine rings is 1. The number of fused-ring (bicyclic) bond motifs is 1. The average Bonchev–Trinajstić information content (AvgIpc) is 2.76. The van der Waals surface area contributed by atoms with E-state index in [-0.39, 0.29) is 16.5 Å². The summed E-state index contributed by atoms with van der Waals surface area (Å²) in [7, 11) is 1.65. The topological polar surface area (TPSA) is 45.7 Å². The van der Waals surface area contributed by atoms with E-state index >= 15 is 0 Å². The zero-order valence-electron chi connectivity index (χ0n) is 16.6. The molecule has 2 heterocycles. The number of amides is 1. The first-order valence-electron chi connectivity index (χ1n) is 9.52. The fraction of sp³-hybridized carbons (Fsp3) is 0.273. The van der Waals surface area contributed by atoms with Gasteiger partial charge in [-0.2, -0.15) is 0 Å². The number of para-hydroxylation sites is 1. The van der Waals surface area contributed by atoms with Crippen LogP contribution in [0.3, 0.4) is 0 Å². The Kier molecular flexibility index (Phi) is 5.96. The fourth-order valence-electron chi connectivity index (χ4n) is 3.72. The Morgan fingerprint density at radius 2 is 1.73 bits per heavy atom. The van der Waals surface area contributed by atoms with Gasteiger partial charge in [-0.3, -0.25) is 4.79 Å². The number of nitrogens with zero attached hydrogens (tertiary/aromatic N) is 3. The highest BCUT2D eigenvalue weighted by molar-refractivity contribution is 6.46. The highest BCUT2D eigenvalue weighted by Crippen LogP contribution is 2.33. The van der Waals surface area contributed by atoms with Crippen LogP contribution < -0.4 is 9.64 Å². The number of ether oxygens (including phenoxy) is 1. The van der Waals surface area contributed by atoms with Crippen molar-refractivity contribution < 1.29 is 9.53 Å². The molecule has 1 aromatic heterocycles. The first-order chi connectivity index (χ1) is 14.4. The van der Waals surface area contributed by atoms with Crippen molar-refractivity contribution in [2.75, 3.05) is 38.2 Å². The maximum atomic E-state index is 13.0. The van der Waals surface area contributed by atoms with Crippen molar-refractivity contribution >= 4 is 57.4 Å². The molecule has 1 saturated heterocycles. The third kappa shape index (κ3) is 3.78. The van der Waals surface area contributed by atoms with Crippen molar-refractivity contribution in [2.24, 2.45) is 0 Å². The summed E-state index contributed by atoms with van der Waals surface area (Å²) >= 11 is 18.5. The molecule has 30 heavy (non-hydrogen) atoms. The number of hydrogen-bond acceptors (Lipinski definition) is 4. The number of piperazine rings is 1. The summed E-state index contributed by atoms with van der Waals surface area (Å²) in [5.74, 6) is 1.41. The number of anilines is 1. The monoisotopic (exact) mass is 463 g/mol. The van der Waals surface area contributed by atoms with Gasteiger partial charge in [-0.05, 0) is 36.8 Å². The summed E-state index contributed by atoms with van der Waals surface area (Å²) in [4.78, 5) is 21.7. The Morgan fingerprint density at radius 1 is 1.03 bits per heavy atom. The predicted octanol–water partition coefficient (Wildman–Crippen LogP) is 5.47. The van der Waals surface area contributed by atoms with Crippen LogP contribution in [0.2, 0.25) is 15.1 Å². The Labute approximate surface area is 190 Å². The number of carbonyl (C=O) groups is 1. The predicted molar refractivity (Wildman–Crippen MR) is 123 cm³/mol. The molecule has 4 rings (SSSR count). The van der Waals surface area contributed by atoms with Crippen molar-refractivity contribution in [2.45, 2.75) is 6.92 Å². The molecule has 3 aromatic rings. The van der Waals surface area contributed by atoms with Crippen LogP contribution in [0.25, 0.3) is 10.9 Å². The molecule has 0 atom stereocenters. The minimum Gasteiger partial charge on any atom is -0.494 e. The summed E-state index contributed by atoms with van der Waals surface area (Å²) in [6, 6.07) is 11.2. The summed E-state index contributed by atoms with van der Waals surface area (Å²) in [6.07, 6.45) is 0. The van der Waals surface area contributed by atoms with E-state index in [1.54, 1.807) is 24.1 Å². The number of hydrogen-bond donors (Lipinski definition) is 0. The van der Waals surface area contributed by atoms with Gasteiger partial charge in [-0.1, -0.05) is 46.9 Å². The molecule has 1 aliphatic rings. The molecule has 156 valence electrons.